The first-order chi connectivity index (χ1) is 15.0. The molecule has 0 N–H and O–H groups in total. The van der Waals surface area contributed by atoms with Crippen LogP contribution >= 0.6 is 0 Å². The van der Waals surface area contributed by atoms with Gasteiger partial charge in [-0.15, -0.1) is 0 Å². The van der Waals surface area contributed by atoms with Crippen LogP contribution in [-0.2, 0) is 19.2 Å². The van der Waals surface area contributed by atoms with Crippen molar-refractivity contribution in [1.29, 1.82) is 0 Å². The molecule has 2 saturated carbocycles. The van der Waals surface area contributed by atoms with E-state index in [0.29, 0.717) is 6.54 Å². The molecule has 6 rings (SSSR count). The molecule has 0 aromatic heterocycles. The van der Waals surface area contributed by atoms with Crippen LogP contribution in [-0.4, -0.2) is 58.2 Å². The molecule has 2 heterocycles. The maximum atomic E-state index is 13.1. The van der Waals surface area contributed by atoms with Crippen molar-refractivity contribution in [2.75, 3.05) is 19.9 Å². The highest BCUT2D eigenvalue weighted by molar-refractivity contribution is 6.07. The summed E-state index contributed by atoms with van der Waals surface area (Å²) in [5, 5.41) is 0. The van der Waals surface area contributed by atoms with E-state index in [-0.39, 0.29) is 84.3 Å². The topological polar surface area (TPSA) is 78.0 Å². The van der Waals surface area contributed by atoms with E-state index in [1.54, 1.807) is 0 Å². The molecule has 4 bridgehead atoms. The molecule has 7 nitrogen and oxygen atoms in total. The summed E-state index contributed by atoms with van der Waals surface area (Å²) in [6, 6.07) is 0. The Labute approximate surface area is 182 Å². The van der Waals surface area contributed by atoms with Crippen molar-refractivity contribution in [2.45, 2.75) is 32.6 Å². The van der Waals surface area contributed by atoms with E-state index >= 15 is 0 Å². The van der Waals surface area contributed by atoms with E-state index in [1.807, 2.05) is 4.90 Å². The molecule has 4 aliphatic carbocycles. The molecule has 8 atom stereocenters. The number of nitrogens with zero attached hydrogens (tertiary/aromatic N) is 3. The standard InChI is InChI=1S/C24H29N3O4/c1-2-3-8-25(11-26-21(28)17-13-4-5-14(9-13)18(17)22(26)29)12-27-23(30)19-15-6-7-16(10-15)20(19)24(27)31/h4-7,13-20H,2-3,8-12H2,1H3/t13-,14-,15-,16-,17-,18+,19-,20+/m0/s1. The fourth-order valence-electron chi connectivity index (χ4n) is 7.17. The number of amides is 4. The van der Waals surface area contributed by atoms with Crippen molar-refractivity contribution in [3.8, 4) is 0 Å². The second-order valence-corrected chi connectivity index (χ2v) is 10.2. The fourth-order valence-corrected chi connectivity index (χ4v) is 7.17. The predicted octanol–water partition coefficient (Wildman–Crippen LogP) is 1.62. The molecular weight excluding hydrogens is 394 g/mol. The summed E-state index contributed by atoms with van der Waals surface area (Å²) in [7, 11) is 0. The third-order valence-corrected chi connectivity index (χ3v) is 8.63. The Morgan fingerprint density at radius 3 is 1.39 bits per heavy atom. The number of hydrogen-bond acceptors (Lipinski definition) is 5. The molecule has 7 heteroatoms. The fraction of sp³-hybridized carbons (Fsp3) is 0.667. The van der Waals surface area contributed by atoms with E-state index in [1.165, 1.54) is 9.80 Å². The Bertz CT molecular complexity index is 796. The van der Waals surface area contributed by atoms with E-state index in [2.05, 4.69) is 31.2 Å². The van der Waals surface area contributed by atoms with Gasteiger partial charge in [0.05, 0.1) is 37.0 Å². The minimum atomic E-state index is -0.216. The largest absolute Gasteiger partial charge is 0.274 e. The molecule has 4 fully saturated rings. The summed E-state index contributed by atoms with van der Waals surface area (Å²) in [6.45, 7) is 3.06. The van der Waals surface area contributed by atoms with Gasteiger partial charge in [-0.05, 0) is 42.9 Å². The minimum absolute atomic E-state index is 0.0773. The maximum absolute atomic E-state index is 13.1. The Morgan fingerprint density at radius 2 is 1.06 bits per heavy atom. The van der Waals surface area contributed by atoms with Crippen LogP contribution in [0.15, 0.2) is 24.3 Å². The van der Waals surface area contributed by atoms with Gasteiger partial charge >= 0.3 is 0 Å². The number of rotatable bonds is 7. The van der Waals surface area contributed by atoms with E-state index in [9.17, 15) is 19.2 Å². The van der Waals surface area contributed by atoms with Gasteiger partial charge in [-0.1, -0.05) is 37.6 Å². The van der Waals surface area contributed by atoms with E-state index in [0.717, 1.165) is 25.7 Å². The molecule has 0 unspecified atom stereocenters. The lowest BCUT2D eigenvalue weighted by atomic mass is 9.85. The first-order valence-corrected chi connectivity index (χ1v) is 11.8. The second-order valence-electron chi connectivity index (χ2n) is 10.2. The van der Waals surface area contributed by atoms with Crippen LogP contribution in [0.3, 0.4) is 0 Å². The summed E-state index contributed by atoms with van der Waals surface area (Å²) in [5.41, 5.74) is 0. The molecule has 164 valence electrons. The van der Waals surface area contributed by atoms with Crippen LogP contribution in [0.1, 0.15) is 32.6 Å². The maximum Gasteiger partial charge on any atom is 0.234 e. The lowest BCUT2D eigenvalue weighted by Crippen LogP contribution is -2.49. The summed E-state index contributed by atoms with van der Waals surface area (Å²) in [4.78, 5) is 57.2. The quantitative estimate of drug-likeness (QED) is 0.459. The van der Waals surface area contributed by atoms with Gasteiger partial charge in [0.2, 0.25) is 23.6 Å². The zero-order chi connectivity index (χ0) is 21.4. The molecule has 0 spiro atoms. The number of imide groups is 2. The highest BCUT2D eigenvalue weighted by atomic mass is 16.2. The van der Waals surface area contributed by atoms with Crippen LogP contribution in [0.5, 0.6) is 0 Å². The lowest BCUT2D eigenvalue weighted by Gasteiger charge is -2.31. The van der Waals surface area contributed by atoms with Crippen LogP contribution < -0.4 is 0 Å². The van der Waals surface area contributed by atoms with Gasteiger partial charge in [0.15, 0.2) is 0 Å². The Morgan fingerprint density at radius 1 is 0.710 bits per heavy atom. The number of hydrogen-bond donors (Lipinski definition) is 0. The Kier molecular flexibility index (Phi) is 4.29. The number of likely N-dealkylation sites (tertiary alicyclic amines) is 2. The SMILES string of the molecule is CCCCN(CN1C(=O)[C@@H]2[C@H](C1=O)[C@H]1C=C[C@H]2C1)CN1C(=O)[C@@H]2[C@H](C1=O)[C@H]1C=C[C@H]2C1. The third-order valence-electron chi connectivity index (χ3n) is 8.63. The third kappa shape index (κ3) is 2.62. The highest BCUT2D eigenvalue weighted by Gasteiger charge is 2.61. The average Bonchev–Trinajstić information content (AvgIpc) is 3.59. The molecule has 0 radical (unpaired) electrons. The van der Waals surface area contributed by atoms with E-state index < -0.39 is 0 Å². The van der Waals surface area contributed by atoms with Gasteiger partial charge in [0.1, 0.15) is 0 Å². The molecule has 31 heavy (non-hydrogen) atoms. The van der Waals surface area contributed by atoms with Crippen molar-refractivity contribution < 1.29 is 19.2 Å². The van der Waals surface area contributed by atoms with Crippen molar-refractivity contribution in [3.05, 3.63) is 24.3 Å². The van der Waals surface area contributed by atoms with Crippen LogP contribution in [0, 0.1) is 47.3 Å². The highest BCUT2D eigenvalue weighted by Crippen LogP contribution is 2.53. The first kappa shape index (κ1) is 19.4. The van der Waals surface area contributed by atoms with Crippen molar-refractivity contribution in [1.82, 2.24) is 14.7 Å². The number of carbonyl (C=O) groups is 4. The zero-order valence-corrected chi connectivity index (χ0v) is 17.9. The molecule has 6 aliphatic rings. The van der Waals surface area contributed by atoms with Gasteiger partial charge < -0.3 is 0 Å². The normalized spacial score (nSPS) is 41.6. The molecule has 0 aromatic rings. The zero-order valence-electron chi connectivity index (χ0n) is 17.9. The number of fused-ring (bicyclic) bond motifs is 10. The van der Waals surface area contributed by atoms with Gasteiger partial charge in [-0.25, -0.2) is 0 Å². The summed E-state index contributed by atoms with van der Waals surface area (Å²) in [6.07, 6.45) is 12.0. The Hall–Kier alpha value is -2.28. The van der Waals surface area contributed by atoms with Crippen LogP contribution in [0.2, 0.25) is 0 Å². The van der Waals surface area contributed by atoms with Gasteiger partial charge in [-0.2, -0.15) is 0 Å². The first-order valence-electron chi connectivity index (χ1n) is 11.8. The van der Waals surface area contributed by atoms with Gasteiger partial charge in [0.25, 0.3) is 0 Å². The second kappa shape index (κ2) is 6.86. The Balaban J connectivity index is 1.19. The number of unbranched alkanes of at least 4 members (excludes halogenated alkanes) is 1. The lowest BCUT2D eigenvalue weighted by molar-refractivity contribution is -0.146. The van der Waals surface area contributed by atoms with Crippen molar-refractivity contribution in [3.63, 3.8) is 0 Å². The predicted molar refractivity (Wildman–Crippen MR) is 110 cm³/mol. The monoisotopic (exact) mass is 423 g/mol. The summed E-state index contributed by atoms with van der Waals surface area (Å²) < 4.78 is 0. The molecule has 0 aromatic carbocycles. The number of carbonyl (C=O) groups excluding carboxylic acids is 4. The van der Waals surface area contributed by atoms with E-state index in [4.69, 9.17) is 0 Å². The molecule has 2 aliphatic heterocycles. The van der Waals surface area contributed by atoms with Crippen LogP contribution in [0.4, 0.5) is 0 Å². The molecule has 2 saturated heterocycles. The summed E-state index contributed by atoms with van der Waals surface area (Å²) in [5.74, 6) is -0.434. The van der Waals surface area contributed by atoms with Crippen molar-refractivity contribution in [2.24, 2.45) is 47.3 Å². The average molecular weight is 424 g/mol. The number of allylic oxidation sites excluding steroid dienone is 4. The van der Waals surface area contributed by atoms with Crippen molar-refractivity contribution >= 4 is 23.6 Å². The molecule has 4 amide bonds. The summed E-state index contributed by atoms with van der Waals surface area (Å²) >= 11 is 0. The van der Waals surface area contributed by atoms with Crippen LogP contribution in [0.25, 0.3) is 0 Å². The van der Waals surface area contributed by atoms with Gasteiger partial charge in [-0.3, -0.25) is 33.9 Å². The minimum Gasteiger partial charge on any atom is -0.274 e. The smallest absolute Gasteiger partial charge is 0.234 e. The van der Waals surface area contributed by atoms with Gasteiger partial charge in [0, 0.05) is 6.54 Å². The molecular formula is C24H29N3O4.